The molecule has 0 saturated heterocycles. The number of nitriles is 1. The van der Waals surface area contributed by atoms with Gasteiger partial charge in [0.2, 0.25) is 0 Å². The number of hydrogen-bond donors (Lipinski definition) is 1. The highest BCUT2D eigenvalue weighted by Gasteiger charge is 2.09. The van der Waals surface area contributed by atoms with Crippen molar-refractivity contribution in [1.29, 1.82) is 5.26 Å². The molecule has 0 aromatic carbocycles. The molecule has 1 N–H and O–H groups in total. The van der Waals surface area contributed by atoms with Crippen LogP contribution in [-0.2, 0) is 4.74 Å². The van der Waals surface area contributed by atoms with Gasteiger partial charge in [0.05, 0.1) is 18.8 Å². The summed E-state index contributed by atoms with van der Waals surface area (Å²) < 4.78 is 5.46. The van der Waals surface area contributed by atoms with Gasteiger partial charge in [-0.05, 0) is 27.2 Å². The first-order valence-corrected chi connectivity index (χ1v) is 4.87. The molecule has 2 atom stereocenters. The summed E-state index contributed by atoms with van der Waals surface area (Å²) in [6.45, 7) is 8.61. The van der Waals surface area contributed by atoms with Crippen LogP contribution in [-0.4, -0.2) is 24.8 Å². The Kier molecular flexibility index (Phi) is 6.56. The molecule has 0 radical (unpaired) electrons. The lowest BCUT2D eigenvalue weighted by molar-refractivity contribution is 0.0549. The van der Waals surface area contributed by atoms with Gasteiger partial charge >= 0.3 is 0 Å². The fraction of sp³-hybridized carbons (Fsp3) is 0.900. The fourth-order valence-electron chi connectivity index (χ4n) is 0.903. The molecule has 13 heavy (non-hydrogen) atoms. The first-order chi connectivity index (χ1) is 6.10. The van der Waals surface area contributed by atoms with Crippen LogP contribution in [0.15, 0.2) is 0 Å². The largest absolute Gasteiger partial charge is 0.376 e. The molecule has 0 heterocycles. The van der Waals surface area contributed by atoms with Gasteiger partial charge in [0, 0.05) is 6.04 Å². The lowest BCUT2D eigenvalue weighted by Gasteiger charge is -2.17. The van der Waals surface area contributed by atoms with Crippen LogP contribution in [0.5, 0.6) is 0 Å². The summed E-state index contributed by atoms with van der Waals surface area (Å²) in [4.78, 5) is 0. The average molecular weight is 184 g/mol. The third kappa shape index (κ3) is 6.56. The summed E-state index contributed by atoms with van der Waals surface area (Å²) in [5, 5.41) is 11.9. The molecular weight excluding hydrogens is 164 g/mol. The maximum atomic E-state index is 8.77. The highest BCUT2D eigenvalue weighted by atomic mass is 16.5. The Morgan fingerprint density at radius 2 is 2.00 bits per heavy atom. The van der Waals surface area contributed by atoms with Crippen molar-refractivity contribution in [3.8, 4) is 6.07 Å². The van der Waals surface area contributed by atoms with Crippen LogP contribution in [0.4, 0.5) is 0 Å². The molecule has 3 nitrogen and oxygen atoms in total. The standard InChI is InChI=1S/C10H20N2O/c1-5-9(4)13-7-10(6-11)12-8(2)3/h8-10,12H,5,7H2,1-4H3. The van der Waals surface area contributed by atoms with Crippen LogP contribution >= 0.6 is 0 Å². The zero-order valence-electron chi connectivity index (χ0n) is 9.00. The van der Waals surface area contributed by atoms with Crippen molar-refractivity contribution in [2.24, 2.45) is 0 Å². The molecular formula is C10H20N2O. The van der Waals surface area contributed by atoms with Gasteiger partial charge in [0.1, 0.15) is 6.04 Å². The van der Waals surface area contributed by atoms with E-state index in [1.807, 2.05) is 20.8 Å². The van der Waals surface area contributed by atoms with E-state index in [2.05, 4.69) is 18.3 Å². The molecule has 0 aliphatic heterocycles. The third-order valence-electron chi connectivity index (χ3n) is 1.81. The second-order valence-corrected chi connectivity index (χ2v) is 3.56. The van der Waals surface area contributed by atoms with E-state index in [1.54, 1.807) is 0 Å². The van der Waals surface area contributed by atoms with Gasteiger partial charge in [-0.15, -0.1) is 0 Å². The molecule has 0 bridgehead atoms. The molecule has 0 fully saturated rings. The van der Waals surface area contributed by atoms with E-state index < -0.39 is 0 Å². The smallest absolute Gasteiger partial charge is 0.119 e. The molecule has 76 valence electrons. The van der Waals surface area contributed by atoms with Crippen molar-refractivity contribution in [3.05, 3.63) is 0 Å². The Morgan fingerprint density at radius 1 is 1.38 bits per heavy atom. The van der Waals surface area contributed by atoms with Crippen molar-refractivity contribution in [1.82, 2.24) is 5.32 Å². The van der Waals surface area contributed by atoms with Crippen molar-refractivity contribution >= 4 is 0 Å². The van der Waals surface area contributed by atoms with Gasteiger partial charge in [-0.25, -0.2) is 0 Å². The maximum absolute atomic E-state index is 8.77. The number of rotatable bonds is 6. The average Bonchev–Trinajstić information content (AvgIpc) is 2.10. The zero-order chi connectivity index (χ0) is 10.3. The SMILES string of the molecule is CCC(C)OCC(C#N)NC(C)C. The van der Waals surface area contributed by atoms with Gasteiger partial charge in [0.25, 0.3) is 0 Å². The van der Waals surface area contributed by atoms with Crippen molar-refractivity contribution in [2.75, 3.05) is 6.61 Å². The van der Waals surface area contributed by atoms with Crippen LogP contribution in [0.3, 0.4) is 0 Å². The molecule has 0 aliphatic carbocycles. The van der Waals surface area contributed by atoms with Gasteiger partial charge in [-0.3, -0.25) is 5.32 Å². The number of hydrogen-bond acceptors (Lipinski definition) is 3. The summed E-state index contributed by atoms with van der Waals surface area (Å²) in [6.07, 6.45) is 1.23. The minimum Gasteiger partial charge on any atom is -0.376 e. The summed E-state index contributed by atoms with van der Waals surface area (Å²) in [5.74, 6) is 0. The van der Waals surface area contributed by atoms with E-state index in [-0.39, 0.29) is 12.1 Å². The summed E-state index contributed by atoms with van der Waals surface area (Å²) >= 11 is 0. The molecule has 0 aromatic rings. The molecule has 0 rings (SSSR count). The van der Waals surface area contributed by atoms with Crippen LogP contribution in [0.2, 0.25) is 0 Å². The Hall–Kier alpha value is -0.590. The zero-order valence-corrected chi connectivity index (χ0v) is 9.00. The van der Waals surface area contributed by atoms with E-state index >= 15 is 0 Å². The van der Waals surface area contributed by atoms with Gasteiger partial charge < -0.3 is 4.74 Å². The first kappa shape index (κ1) is 12.4. The molecule has 0 amide bonds. The van der Waals surface area contributed by atoms with Crippen molar-refractivity contribution in [2.45, 2.75) is 52.3 Å². The van der Waals surface area contributed by atoms with E-state index in [1.165, 1.54) is 0 Å². The third-order valence-corrected chi connectivity index (χ3v) is 1.81. The Labute approximate surface area is 81.1 Å². The molecule has 0 aliphatic rings. The Balaban J connectivity index is 3.67. The Bertz CT molecular complexity index is 163. The second kappa shape index (κ2) is 6.88. The highest BCUT2D eigenvalue weighted by molar-refractivity contribution is 4.90. The summed E-state index contributed by atoms with van der Waals surface area (Å²) in [6, 6.07) is 2.31. The first-order valence-electron chi connectivity index (χ1n) is 4.87. The topological polar surface area (TPSA) is 45.0 Å². The monoisotopic (exact) mass is 184 g/mol. The molecule has 0 aromatic heterocycles. The molecule has 0 saturated carbocycles. The normalized spacial score (nSPS) is 15.4. The Morgan fingerprint density at radius 3 is 2.38 bits per heavy atom. The van der Waals surface area contributed by atoms with E-state index in [0.717, 1.165) is 6.42 Å². The van der Waals surface area contributed by atoms with Crippen LogP contribution in [0.25, 0.3) is 0 Å². The molecule has 3 heteroatoms. The van der Waals surface area contributed by atoms with Crippen LogP contribution in [0, 0.1) is 11.3 Å². The van der Waals surface area contributed by atoms with E-state index in [0.29, 0.717) is 12.6 Å². The lowest BCUT2D eigenvalue weighted by Crippen LogP contribution is -2.37. The highest BCUT2D eigenvalue weighted by Crippen LogP contribution is 1.97. The minimum atomic E-state index is -0.186. The number of nitrogens with one attached hydrogen (secondary N) is 1. The quantitative estimate of drug-likeness (QED) is 0.683. The van der Waals surface area contributed by atoms with Crippen LogP contribution in [0.1, 0.15) is 34.1 Å². The summed E-state index contributed by atoms with van der Waals surface area (Å²) in [5.41, 5.74) is 0. The van der Waals surface area contributed by atoms with Gasteiger partial charge in [-0.2, -0.15) is 5.26 Å². The van der Waals surface area contributed by atoms with E-state index in [4.69, 9.17) is 10.00 Å². The molecule has 0 spiro atoms. The minimum absolute atomic E-state index is 0.186. The molecule has 2 unspecified atom stereocenters. The number of nitrogens with zero attached hydrogens (tertiary/aromatic N) is 1. The predicted octanol–water partition coefficient (Wildman–Crippen LogP) is 1.69. The predicted molar refractivity (Wildman–Crippen MR) is 53.4 cm³/mol. The van der Waals surface area contributed by atoms with E-state index in [9.17, 15) is 0 Å². The summed E-state index contributed by atoms with van der Waals surface area (Å²) in [7, 11) is 0. The van der Waals surface area contributed by atoms with Crippen molar-refractivity contribution in [3.63, 3.8) is 0 Å². The number of ether oxygens (including phenoxy) is 1. The van der Waals surface area contributed by atoms with Crippen molar-refractivity contribution < 1.29 is 4.74 Å². The fourth-order valence-corrected chi connectivity index (χ4v) is 0.903. The van der Waals surface area contributed by atoms with Crippen LogP contribution < -0.4 is 5.32 Å². The van der Waals surface area contributed by atoms with Gasteiger partial charge in [0.15, 0.2) is 0 Å². The maximum Gasteiger partial charge on any atom is 0.119 e. The lowest BCUT2D eigenvalue weighted by atomic mass is 10.2. The van der Waals surface area contributed by atoms with Gasteiger partial charge in [-0.1, -0.05) is 6.92 Å². The second-order valence-electron chi connectivity index (χ2n) is 3.56.